The Balaban J connectivity index is 1.54. The van der Waals surface area contributed by atoms with Crippen molar-refractivity contribution in [3.8, 4) is 11.1 Å². The molecule has 0 N–H and O–H groups in total. The van der Waals surface area contributed by atoms with E-state index in [0.717, 1.165) is 56.3 Å². The summed E-state index contributed by atoms with van der Waals surface area (Å²) in [6, 6.07) is 38.7. The van der Waals surface area contributed by atoms with Crippen molar-refractivity contribution in [1.82, 2.24) is 0 Å². The van der Waals surface area contributed by atoms with Gasteiger partial charge in [0, 0.05) is 5.56 Å². The average molecular weight is 521 g/mol. The van der Waals surface area contributed by atoms with Gasteiger partial charge in [0.05, 0.1) is 23.7 Å². The standard InChI is InChI=1S/C37H32N2O/c1-24-19-21-28-27-15-9-12-18-33(27)40-35(28)34(24)36-38(5)31-16-10-11-17-32(31)39(36)30-22-20-26(37(2,3)4)23-29(30)25-13-7-6-8-14-25/h6-23H,5H2,1-4H3. The molecule has 40 heavy (non-hydrogen) atoms. The van der Waals surface area contributed by atoms with Crippen molar-refractivity contribution in [2.75, 3.05) is 4.90 Å². The number of aryl methyl sites for hydroxylation is 1. The Bertz CT molecular complexity index is 1920. The topological polar surface area (TPSA) is 17.6 Å². The molecule has 7 rings (SSSR count). The van der Waals surface area contributed by atoms with Crippen LogP contribution < -0.4 is 4.90 Å². The first-order valence-electron chi connectivity index (χ1n) is 13.8. The van der Waals surface area contributed by atoms with E-state index >= 15 is 0 Å². The van der Waals surface area contributed by atoms with E-state index in [2.05, 4.69) is 141 Å². The summed E-state index contributed by atoms with van der Waals surface area (Å²) in [7, 11) is 0. The zero-order valence-corrected chi connectivity index (χ0v) is 23.4. The lowest BCUT2D eigenvalue weighted by atomic mass is 9.84. The van der Waals surface area contributed by atoms with Crippen LogP contribution in [-0.2, 0) is 5.41 Å². The monoisotopic (exact) mass is 520 g/mol. The largest absolute Gasteiger partial charge is 0.290 e. The van der Waals surface area contributed by atoms with Crippen molar-refractivity contribution in [3.63, 3.8) is 0 Å². The minimum atomic E-state index is 0.0202. The lowest BCUT2D eigenvalue weighted by Gasteiger charge is -2.30. The second-order valence-electron chi connectivity index (χ2n) is 11.7. The number of rotatable bonds is 3. The van der Waals surface area contributed by atoms with Crippen molar-refractivity contribution in [2.45, 2.75) is 33.1 Å². The van der Waals surface area contributed by atoms with Crippen LogP contribution in [0.15, 0.2) is 114 Å². The number of benzene rings is 5. The summed E-state index contributed by atoms with van der Waals surface area (Å²) in [5.74, 6) is 0. The maximum atomic E-state index is 6.58. The second-order valence-corrected chi connectivity index (χ2v) is 11.7. The SMILES string of the molecule is C=[N+]1c2ccccc2N(c2ccc(C(C)(C)C)cc2-c2ccccc2)[C-]1c1c(C)ccc2c1[o+][c-]1ccccc21. The van der Waals surface area contributed by atoms with Gasteiger partial charge in [0.25, 0.3) is 11.2 Å². The average Bonchev–Trinajstić information content (AvgIpc) is 3.48. The molecule has 0 unspecified atom stereocenters. The van der Waals surface area contributed by atoms with Crippen molar-refractivity contribution < 1.29 is 8.99 Å². The summed E-state index contributed by atoms with van der Waals surface area (Å²) in [5, 5.41) is 2.23. The zero-order chi connectivity index (χ0) is 27.6. The van der Waals surface area contributed by atoms with Crippen molar-refractivity contribution in [2.24, 2.45) is 0 Å². The molecular formula is C37H32N2O. The molecule has 0 radical (unpaired) electrons. The minimum absolute atomic E-state index is 0.0202. The molecule has 1 aromatic heterocycles. The minimum Gasteiger partial charge on any atom is -0.290 e. The van der Waals surface area contributed by atoms with Gasteiger partial charge in [0.15, 0.2) is 5.69 Å². The third-order valence-corrected chi connectivity index (χ3v) is 8.05. The molecule has 0 saturated heterocycles. The Morgan fingerprint density at radius 2 is 1.55 bits per heavy atom. The third-order valence-electron chi connectivity index (χ3n) is 8.05. The lowest BCUT2D eigenvalue weighted by molar-refractivity contribution is -0.398. The highest BCUT2D eigenvalue weighted by molar-refractivity contribution is 6.07. The number of para-hydroxylation sites is 3. The first kappa shape index (κ1) is 24.3. The van der Waals surface area contributed by atoms with Crippen LogP contribution in [0.3, 0.4) is 0 Å². The zero-order valence-electron chi connectivity index (χ0n) is 23.4. The summed E-state index contributed by atoms with van der Waals surface area (Å²) in [5.41, 5.74) is 10.9. The fourth-order valence-corrected chi connectivity index (χ4v) is 5.93. The quantitative estimate of drug-likeness (QED) is 0.131. The van der Waals surface area contributed by atoms with E-state index < -0.39 is 0 Å². The molecular weight excluding hydrogens is 488 g/mol. The van der Waals surface area contributed by atoms with E-state index in [1.54, 1.807) is 0 Å². The van der Waals surface area contributed by atoms with E-state index in [1.165, 1.54) is 16.7 Å². The molecule has 6 aromatic rings. The number of nitrogens with zero attached hydrogens (tertiary/aromatic N) is 2. The molecule has 196 valence electrons. The van der Waals surface area contributed by atoms with Crippen LogP contribution in [0.4, 0.5) is 17.1 Å². The smallest absolute Gasteiger partial charge is 0.278 e. The lowest BCUT2D eigenvalue weighted by Crippen LogP contribution is -2.27. The normalized spacial score (nSPS) is 13.4. The summed E-state index contributed by atoms with van der Waals surface area (Å²) in [6.07, 6.45) is 0.990. The first-order valence-corrected chi connectivity index (χ1v) is 13.8. The third kappa shape index (κ3) is 3.65. The number of furan rings is 1. The molecule has 0 aliphatic carbocycles. The second kappa shape index (κ2) is 8.89. The molecule has 1 aliphatic rings. The molecule has 0 amide bonds. The van der Waals surface area contributed by atoms with E-state index in [9.17, 15) is 0 Å². The molecule has 0 bridgehead atoms. The fourth-order valence-electron chi connectivity index (χ4n) is 5.93. The molecule has 2 heterocycles. The Morgan fingerprint density at radius 1 is 0.800 bits per heavy atom. The molecule has 0 saturated carbocycles. The van der Waals surface area contributed by atoms with Gasteiger partial charge in [-0.15, -0.1) is 18.2 Å². The van der Waals surface area contributed by atoms with Crippen LogP contribution in [0.2, 0.25) is 0 Å². The fraction of sp³-hybridized carbons (Fsp3) is 0.135. The molecule has 0 spiro atoms. The number of fused-ring (bicyclic) bond motifs is 4. The molecule has 0 fully saturated rings. The van der Waals surface area contributed by atoms with Gasteiger partial charge >= 0.3 is 0 Å². The molecule has 0 atom stereocenters. The van der Waals surface area contributed by atoms with E-state index in [1.807, 2.05) is 12.1 Å². The van der Waals surface area contributed by atoms with Crippen molar-refractivity contribution in [3.05, 3.63) is 132 Å². The van der Waals surface area contributed by atoms with E-state index in [4.69, 9.17) is 4.42 Å². The summed E-state index contributed by atoms with van der Waals surface area (Å²) in [6.45, 7) is 13.5. The van der Waals surface area contributed by atoms with Gasteiger partial charge in [0.1, 0.15) is 0 Å². The summed E-state index contributed by atoms with van der Waals surface area (Å²) in [4.78, 5) is 2.37. The van der Waals surface area contributed by atoms with Crippen LogP contribution in [0.5, 0.6) is 0 Å². The maximum Gasteiger partial charge on any atom is 0.278 e. The van der Waals surface area contributed by atoms with Gasteiger partial charge in [-0.2, -0.15) is 0 Å². The van der Waals surface area contributed by atoms with Crippen LogP contribution in [0.1, 0.15) is 37.5 Å². The van der Waals surface area contributed by atoms with Crippen molar-refractivity contribution >= 4 is 45.7 Å². The molecule has 3 nitrogen and oxygen atoms in total. The Hall–Kier alpha value is -4.76. The first-order chi connectivity index (χ1) is 19.3. The number of anilines is 2. The van der Waals surface area contributed by atoms with Gasteiger partial charge in [-0.05, 0) is 57.6 Å². The van der Waals surface area contributed by atoms with Crippen LogP contribution in [-0.4, -0.2) is 11.3 Å². The van der Waals surface area contributed by atoms with Gasteiger partial charge in [-0.25, -0.2) is 4.58 Å². The van der Waals surface area contributed by atoms with Gasteiger partial charge < -0.3 is 0 Å². The highest BCUT2D eigenvalue weighted by atomic mass is 16.3. The highest BCUT2D eigenvalue weighted by Crippen LogP contribution is 2.52. The molecule has 1 aliphatic heterocycles. The van der Waals surface area contributed by atoms with E-state index in [-0.39, 0.29) is 5.41 Å². The Labute approximate surface area is 235 Å². The van der Waals surface area contributed by atoms with Crippen molar-refractivity contribution in [1.29, 1.82) is 0 Å². The van der Waals surface area contributed by atoms with Crippen LogP contribution >= 0.6 is 0 Å². The highest BCUT2D eigenvalue weighted by Gasteiger charge is 2.42. The number of hydrogen-bond donors (Lipinski definition) is 0. The summed E-state index contributed by atoms with van der Waals surface area (Å²) < 4.78 is 8.65. The van der Waals surface area contributed by atoms with E-state index in [0.29, 0.717) is 0 Å². The molecule has 5 aromatic carbocycles. The summed E-state index contributed by atoms with van der Waals surface area (Å²) >= 11 is 0. The van der Waals surface area contributed by atoms with Gasteiger partial charge in [0.2, 0.25) is 6.17 Å². The molecule has 3 heteroatoms. The van der Waals surface area contributed by atoms with Crippen LogP contribution in [0.25, 0.3) is 33.1 Å². The predicted molar refractivity (Wildman–Crippen MR) is 167 cm³/mol. The van der Waals surface area contributed by atoms with Gasteiger partial charge in [-0.1, -0.05) is 93.9 Å². The Morgan fingerprint density at radius 3 is 2.35 bits per heavy atom. The predicted octanol–water partition coefficient (Wildman–Crippen LogP) is 9.89. The van der Waals surface area contributed by atoms with Crippen LogP contribution in [0, 0.1) is 13.1 Å². The maximum absolute atomic E-state index is 6.58. The van der Waals surface area contributed by atoms with Gasteiger partial charge in [-0.3, -0.25) is 9.32 Å². The Kier molecular flexibility index (Phi) is 5.40. The number of hydrogen-bond acceptors (Lipinski definition) is 1.